The number of pyridine rings is 1. The molecule has 0 aliphatic rings. The molecule has 0 atom stereocenters. The molecule has 0 radical (unpaired) electrons. The number of nitro groups is 1. The van der Waals surface area contributed by atoms with Crippen LogP contribution in [0.4, 0.5) is 11.4 Å². The second-order valence-electron chi connectivity index (χ2n) is 3.53. The summed E-state index contributed by atoms with van der Waals surface area (Å²) in [6.45, 7) is 2.79. The van der Waals surface area contributed by atoms with Gasteiger partial charge in [0.25, 0.3) is 0 Å². The molecule has 1 rings (SSSR count). The van der Waals surface area contributed by atoms with E-state index in [1.165, 1.54) is 19.5 Å². The van der Waals surface area contributed by atoms with E-state index in [4.69, 9.17) is 0 Å². The van der Waals surface area contributed by atoms with Gasteiger partial charge in [-0.2, -0.15) is 0 Å². The monoisotopic (exact) mass is 253 g/mol. The molecule has 7 nitrogen and oxygen atoms in total. The average molecular weight is 253 g/mol. The molecule has 0 unspecified atom stereocenters. The van der Waals surface area contributed by atoms with Gasteiger partial charge >= 0.3 is 11.7 Å². The van der Waals surface area contributed by atoms with Gasteiger partial charge in [0.05, 0.1) is 18.5 Å². The molecule has 1 aromatic heterocycles. The van der Waals surface area contributed by atoms with Crippen LogP contribution in [0.3, 0.4) is 0 Å². The maximum Gasteiger partial charge on any atom is 0.310 e. The highest BCUT2D eigenvalue weighted by Crippen LogP contribution is 2.26. The van der Waals surface area contributed by atoms with Crippen molar-refractivity contribution in [2.24, 2.45) is 0 Å². The van der Waals surface area contributed by atoms with Gasteiger partial charge in [0.1, 0.15) is 11.9 Å². The van der Waals surface area contributed by atoms with Crippen molar-refractivity contribution in [1.29, 1.82) is 0 Å². The zero-order chi connectivity index (χ0) is 13.5. The molecule has 0 saturated carbocycles. The quantitative estimate of drug-likeness (QED) is 0.432. The molecule has 0 N–H and O–H groups in total. The molecular formula is C11H15N3O4. The molecule has 0 aliphatic carbocycles. The summed E-state index contributed by atoms with van der Waals surface area (Å²) in [5, 5.41) is 10.9. The Kier molecular flexibility index (Phi) is 5.04. The lowest BCUT2D eigenvalue weighted by molar-refractivity contribution is -0.384. The summed E-state index contributed by atoms with van der Waals surface area (Å²) < 4.78 is 4.55. The molecule has 7 heteroatoms. The Balaban J connectivity index is 2.88. The van der Waals surface area contributed by atoms with E-state index >= 15 is 0 Å². The Bertz CT molecular complexity index is 436. The molecule has 0 amide bonds. The van der Waals surface area contributed by atoms with Gasteiger partial charge in [-0.1, -0.05) is 0 Å². The molecule has 18 heavy (non-hydrogen) atoms. The summed E-state index contributed by atoms with van der Waals surface area (Å²) in [6.07, 6.45) is 2.88. The lowest BCUT2D eigenvalue weighted by Crippen LogP contribution is -2.26. The van der Waals surface area contributed by atoms with Crippen LogP contribution in [-0.2, 0) is 9.53 Å². The van der Waals surface area contributed by atoms with Crippen molar-refractivity contribution in [3.63, 3.8) is 0 Å². The number of carbonyl (C=O) groups is 1. The lowest BCUT2D eigenvalue weighted by atomic mass is 10.3. The van der Waals surface area contributed by atoms with Crippen molar-refractivity contribution in [1.82, 2.24) is 4.98 Å². The van der Waals surface area contributed by atoms with E-state index in [1.807, 2.05) is 6.92 Å². The van der Waals surface area contributed by atoms with Gasteiger partial charge in [-0.05, 0) is 13.0 Å². The summed E-state index contributed by atoms with van der Waals surface area (Å²) in [4.78, 5) is 27.0. The number of rotatable bonds is 6. The minimum absolute atomic E-state index is 0.0655. The number of anilines is 1. The first kappa shape index (κ1) is 13.9. The zero-order valence-corrected chi connectivity index (χ0v) is 10.3. The highest BCUT2D eigenvalue weighted by molar-refractivity contribution is 5.70. The zero-order valence-electron chi connectivity index (χ0n) is 10.3. The van der Waals surface area contributed by atoms with Gasteiger partial charge in [0.2, 0.25) is 0 Å². The number of hydrogen-bond acceptors (Lipinski definition) is 6. The predicted octanol–water partition coefficient (Wildman–Crippen LogP) is 1.38. The molecule has 0 aliphatic heterocycles. The Hall–Kier alpha value is -2.18. The summed E-state index contributed by atoms with van der Waals surface area (Å²) in [5.74, 6) is -0.342. The van der Waals surface area contributed by atoms with Gasteiger partial charge in [-0.25, -0.2) is 0 Å². The fourth-order valence-electron chi connectivity index (χ4n) is 1.56. The molecule has 0 fully saturated rings. The van der Waals surface area contributed by atoms with E-state index in [0.717, 1.165) is 0 Å². The molecule has 0 aromatic carbocycles. The predicted molar refractivity (Wildman–Crippen MR) is 65.4 cm³/mol. The Morgan fingerprint density at radius 2 is 2.33 bits per heavy atom. The summed E-state index contributed by atoms with van der Waals surface area (Å²) in [6, 6.07) is 1.57. The van der Waals surface area contributed by atoms with Crippen LogP contribution in [0.1, 0.15) is 13.3 Å². The normalized spacial score (nSPS) is 9.89. The SMILES string of the molecule is CCN(CCC(=O)OC)c1ccncc1[N+](=O)[O-]. The van der Waals surface area contributed by atoms with Crippen LogP contribution in [0.2, 0.25) is 0 Å². The summed E-state index contributed by atoms with van der Waals surface area (Å²) >= 11 is 0. The molecule has 1 heterocycles. The van der Waals surface area contributed by atoms with E-state index in [0.29, 0.717) is 18.8 Å². The van der Waals surface area contributed by atoms with Crippen molar-refractivity contribution >= 4 is 17.3 Å². The number of esters is 1. The fraction of sp³-hybridized carbons (Fsp3) is 0.455. The summed E-state index contributed by atoms with van der Waals surface area (Å²) in [7, 11) is 1.31. The molecule has 98 valence electrons. The number of carbonyl (C=O) groups excluding carboxylic acids is 1. The van der Waals surface area contributed by atoms with Crippen molar-refractivity contribution in [3.05, 3.63) is 28.6 Å². The van der Waals surface area contributed by atoms with Crippen LogP contribution in [0.15, 0.2) is 18.5 Å². The Morgan fingerprint density at radius 1 is 1.61 bits per heavy atom. The van der Waals surface area contributed by atoms with Gasteiger partial charge in [0.15, 0.2) is 0 Å². The standard InChI is InChI=1S/C11H15N3O4/c1-3-13(7-5-11(15)18-2)9-4-6-12-8-10(9)14(16)17/h4,6,8H,3,5,7H2,1-2H3. The highest BCUT2D eigenvalue weighted by Gasteiger charge is 2.18. The van der Waals surface area contributed by atoms with Gasteiger partial charge in [-0.3, -0.25) is 19.9 Å². The number of methoxy groups -OCH3 is 1. The second kappa shape index (κ2) is 6.53. The molecule has 0 saturated heterocycles. The highest BCUT2D eigenvalue weighted by atomic mass is 16.6. The first-order valence-electron chi connectivity index (χ1n) is 5.50. The Morgan fingerprint density at radius 3 is 2.89 bits per heavy atom. The molecular weight excluding hydrogens is 238 g/mol. The van der Waals surface area contributed by atoms with Crippen molar-refractivity contribution < 1.29 is 14.5 Å². The van der Waals surface area contributed by atoms with E-state index in [-0.39, 0.29) is 18.1 Å². The van der Waals surface area contributed by atoms with Crippen LogP contribution < -0.4 is 4.90 Å². The number of ether oxygens (including phenoxy) is 1. The smallest absolute Gasteiger partial charge is 0.310 e. The van der Waals surface area contributed by atoms with Crippen LogP contribution in [0.5, 0.6) is 0 Å². The third-order valence-electron chi connectivity index (χ3n) is 2.51. The van der Waals surface area contributed by atoms with Gasteiger partial charge in [0, 0.05) is 19.3 Å². The lowest BCUT2D eigenvalue weighted by Gasteiger charge is -2.21. The Labute approximate surface area is 105 Å². The minimum Gasteiger partial charge on any atom is -0.469 e. The van der Waals surface area contributed by atoms with Crippen LogP contribution in [-0.4, -0.2) is 36.1 Å². The third-order valence-corrected chi connectivity index (χ3v) is 2.51. The second-order valence-corrected chi connectivity index (χ2v) is 3.53. The van der Waals surface area contributed by atoms with Gasteiger partial charge < -0.3 is 9.64 Å². The van der Waals surface area contributed by atoms with Crippen molar-refractivity contribution in [2.75, 3.05) is 25.1 Å². The van der Waals surface area contributed by atoms with E-state index in [1.54, 1.807) is 11.0 Å². The number of nitrogens with zero attached hydrogens (tertiary/aromatic N) is 3. The van der Waals surface area contributed by atoms with Crippen molar-refractivity contribution in [3.8, 4) is 0 Å². The van der Waals surface area contributed by atoms with Crippen LogP contribution in [0.25, 0.3) is 0 Å². The van der Waals surface area contributed by atoms with Gasteiger partial charge in [-0.15, -0.1) is 0 Å². The van der Waals surface area contributed by atoms with Crippen LogP contribution >= 0.6 is 0 Å². The maximum absolute atomic E-state index is 11.1. The van der Waals surface area contributed by atoms with E-state index in [9.17, 15) is 14.9 Å². The molecule has 1 aromatic rings. The van der Waals surface area contributed by atoms with Crippen LogP contribution in [0, 0.1) is 10.1 Å². The first-order chi connectivity index (χ1) is 8.60. The molecule has 0 bridgehead atoms. The molecule has 0 spiro atoms. The fourth-order valence-corrected chi connectivity index (χ4v) is 1.56. The largest absolute Gasteiger partial charge is 0.469 e. The van der Waals surface area contributed by atoms with Crippen molar-refractivity contribution in [2.45, 2.75) is 13.3 Å². The summed E-state index contributed by atoms with van der Waals surface area (Å²) in [5.41, 5.74) is 0.394. The van der Waals surface area contributed by atoms with E-state index < -0.39 is 4.92 Å². The minimum atomic E-state index is -0.483. The topological polar surface area (TPSA) is 85.6 Å². The van der Waals surface area contributed by atoms with E-state index in [2.05, 4.69) is 9.72 Å². The number of aromatic nitrogens is 1. The first-order valence-corrected chi connectivity index (χ1v) is 5.50. The number of hydrogen-bond donors (Lipinski definition) is 0. The average Bonchev–Trinajstić information content (AvgIpc) is 2.39. The maximum atomic E-state index is 11.1. The third kappa shape index (κ3) is 3.41.